The van der Waals surface area contributed by atoms with Crippen molar-refractivity contribution in [2.45, 2.75) is 13.5 Å². The predicted octanol–water partition coefficient (Wildman–Crippen LogP) is 3.25. The first-order valence-corrected chi connectivity index (χ1v) is 6.21. The molecule has 0 spiro atoms. The van der Waals surface area contributed by atoms with E-state index < -0.39 is 11.6 Å². The van der Waals surface area contributed by atoms with Gasteiger partial charge in [-0.05, 0) is 36.8 Å². The maximum Gasteiger partial charge on any atom is 0.201 e. The molecular weight excluding hydrogens is 260 g/mol. The Morgan fingerprint density at radius 3 is 2.80 bits per heavy atom. The summed E-state index contributed by atoms with van der Waals surface area (Å²) in [6, 6.07) is 9.06. The van der Waals surface area contributed by atoms with Gasteiger partial charge in [0.1, 0.15) is 11.6 Å². The molecule has 0 bridgehead atoms. The Morgan fingerprint density at radius 2 is 2.00 bits per heavy atom. The highest BCUT2D eigenvalue weighted by Crippen LogP contribution is 2.23. The Hall–Kier alpha value is -2.43. The molecule has 3 nitrogen and oxygen atoms in total. The summed E-state index contributed by atoms with van der Waals surface area (Å²) in [5.41, 5.74) is 8.72. The number of para-hydroxylation sites is 1. The second kappa shape index (κ2) is 4.59. The van der Waals surface area contributed by atoms with Crippen LogP contribution in [-0.4, -0.2) is 9.55 Å². The molecule has 1 aromatic heterocycles. The van der Waals surface area contributed by atoms with Gasteiger partial charge < -0.3 is 10.3 Å². The lowest BCUT2D eigenvalue weighted by molar-refractivity contribution is 0.579. The van der Waals surface area contributed by atoms with Gasteiger partial charge in [-0.3, -0.25) is 0 Å². The van der Waals surface area contributed by atoms with Crippen LogP contribution in [0, 0.1) is 18.6 Å². The molecule has 102 valence electrons. The van der Waals surface area contributed by atoms with Gasteiger partial charge in [0.25, 0.3) is 0 Å². The molecule has 0 aliphatic heterocycles. The Balaban J connectivity index is 2.15. The highest BCUT2D eigenvalue weighted by Gasteiger charge is 2.12. The number of hydrogen-bond acceptors (Lipinski definition) is 2. The predicted molar refractivity (Wildman–Crippen MR) is 74.3 cm³/mol. The summed E-state index contributed by atoms with van der Waals surface area (Å²) in [5.74, 6) is -0.639. The molecule has 2 aromatic carbocycles. The smallest absolute Gasteiger partial charge is 0.201 e. The van der Waals surface area contributed by atoms with Gasteiger partial charge in [0, 0.05) is 5.56 Å². The van der Waals surface area contributed by atoms with Gasteiger partial charge >= 0.3 is 0 Å². The van der Waals surface area contributed by atoms with Gasteiger partial charge in [0.15, 0.2) is 0 Å². The third-order valence-electron chi connectivity index (χ3n) is 3.33. The third kappa shape index (κ3) is 2.01. The van der Waals surface area contributed by atoms with Crippen LogP contribution in [0.15, 0.2) is 36.4 Å². The minimum atomic E-state index is -0.471. The summed E-state index contributed by atoms with van der Waals surface area (Å²) in [7, 11) is 0. The normalized spacial score (nSPS) is 11.2. The van der Waals surface area contributed by atoms with Crippen molar-refractivity contribution in [2.24, 2.45) is 0 Å². The van der Waals surface area contributed by atoms with Crippen LogP contribution in [0.1, 0.15) is 11.1 Å². The quantitative estimate of drug-likeness (QED) is 0.779. The van der Waals surface area contributed by atoms with E-state index >= 15 is 0 Å². The number of aromatic nitrogens is 2. The molecular formula is C15H13F2N3. The molecule has 0 radical (unpaired) electrons. The summed E-state index contributed by atoms with van der Waals surface area (Å²) >= 11 is 0. The SMILES string of the molecule is Cc1cccc2nc(N)n(Cc3cc(F)ccc3F)c12. The lowest BCUT2D eigenvalue weighted by Gasteiger charge is -2.09. The highest BCUT2D eigenvalue weighted by atomic mass is 19.1. The Bertz CT molecular complexity index is 793. The Labute approximate surface area is 114 Å². The number of imidazole rings is 1. The van der Waals surface area contributed by atoms with Crippen LogP contribution in [-0.2, 0) is 6.54 Å². The van der Waals surface area contributed by atoms with Crippen molar-refractivity contribution in [1.29, 1.82) is 0 Å². The molecule has 20 heavy (non-hydrogen) atoms. The average molecular weight is 273 g/mol. The maximum atomic E-state index is 13.8. The van der Waals surface area contributed by atoms with Crippen molar-refractivity contribution in [2.75, 3.05) is 5.73 Å². The number of nitrogens with two attached hydrogens (primary N) is 1. The molecule has 0 atom stereocenters. The monoisotopic (exact) mass is 273 g/mol. The summed E-state index contributed by atoms with van der Waals surface area (Å²) in [4.78, 5) is 4.25. The zero-order chi connectivity index (χ0) is 14.3. The zero-order valence-electron chi connectivity index (χ0n) is 10.9. The molecule has 3 aromatic rings. The first-order chi connectivity index (χ1) is 9.56. The molecule has 3 rings (SSSR count). The minimum Gasteiger partial charge on any atom is -0.369 e. The number of nitrogen functional groups attached to an aromatic ring is 1. The molecule has 2 N–H and O–H groups in total. The van der Waals surface area contributed by atoms with Crippen LogP contribution in [0.2, 0.25) is 0 Å². The van der Waals surface area contributed by atoms with E-state index in [4.69, 9.17) is 5.73 Å². The van der Waals surface area contributed by atoms with E-state index in [1.807, 2.05) is 25.1 Å². The Kier molecular flexibility index (Phi) is 2.89. The van der Waals surface area contributed by atoms with E-state index in [-0.39, 0.29) is 18.1 Å². The average Bonchev–Trinajstić information content (AvgIpc) is 2.72. The van der Waals surface area contributed by atoms with E-state index in [0.29, 0.717) is 0 Å². The summed E-state index contributed by atoms with van der Waals surface area (Å²) in [6.07, 6.45) is 0. The van der Waals surface area contributed by atoms with Crippen LogP contribution in [0.3, 0.4) is 0 Å². The standard InChI is InChI=1S/C15H13F2N3/c1-9-3-2-4-13-14(9)20(15(18)19-13)8-10-7-11(16)5-6-12(10)17/h2-7H,8H2,1H3,(H2,18,19). The lowest BCUT2D eigenvalue weighted by Crippen LogP contribution is -2.07. The van der Waals surface area contributed by atoms with E-state index in [9.17, 15) is 8.78 Å². The molecule has 0 saturated heterocycles. The fraction of sp³-hybridized carbons (Fsp3) is 0.133. The van der Waals surface area contributed by atoms with Crippen molar-refractivity contribution < 1.29 is 8.78 Å². The second-order valence-electron chi connectivity index (χ2n) is 4.73. The van der Waals surface area contributed by atoms with Gasteiger partial charge in [-0.1, -0.05) is 12.1 Å². The minimum absolute atomic E-state index is 0.150. The van der Waals surface area contributed by atoms with Crippen LogP contribution in [0.25, 0.3) is 11.0 Å². The van der Waals surface area contributed by atoms with Crippen LogP contribution < -0.4 is 5.73 Å². The number of benzene rings is 2. The topological polar surface area (TPSA) is 43.8 Å². The van der Waals surface area contributed by atoms with Gasteiger partial charge in [0.05, 0.1) is 17.6 Å². The summed E-state index contributed by atoms with van der Waals surface area (Å²) < 4.78 is 28.7. The van der Waals surface area contributed by atoms with Crippen LogP contribution in [0.5, 0.6) is 0 Å². The molecule has 1 heterocycles. The molecule has 0 amide bonds. The van der Waals surface area contributed by atoms with Gasteiger partial charge in [-0.15, -0.1) is 0 Å². The van der Waals surface area contributed by atoms with Crippen LogP contribution in [0.4, 0.5) is 14.7 Å². The van der Waals surface area contributed by atoms with Crippen molar-refractivity contribution >= 4 is 17.0 Å². The van der Waals surface area contributed by atoms with E-state index in [0.717, 1.165) is 28.7 Å². The third-order valence-corrected chi connectivity index (χ3v) is 3.33. The summed E-state index contributed by atoms with van der Waals surface area (Å²) in [6.45, 7) is 2.08. The lowest BCUT2D eigenvalue weighted by atomic mass is 10.1. The summed E-state index contributed by atoms with van der Waals surface area (Å²) in [5, 5.41) is 0. The largest absolute Gasteiger partial charge is 0.369 e. The number of nitrogens with zero attached hydrogens (tertiary/aromatic N) is 2. The number of hydrogen-bond donors (Lipinski definition) is 1. The second-order valence-corrected chi connectivity index (χ2v) is 4.73. The number of anilines is 1. The molecule has 0 unspecified atom stereocenters. The fourth-order valence-corrected chi connectivity index (χ4v) is 2.38. The number of aryl methyl sites for hydroxylation is 1. The molecule has 5 heteroatoms. The molecule has 0 fully saturated rings. The Morgan fingerprint density at radius 1 is 1.20 bits per heavy atom. The molecule has 0 aliphatic carbocycles. The number of halogens is 2. The van der Waals surface area contributed by atoms with Gasteiger partial charge in [-0.25, -0.2) is 13.8 Å². The maximum absolute atomic E-state index is 13.8. The van der Waals surface area contributed by atoms with Crippen molar-refractivity contribution in [3.63, 3.8) is 0 Å². The zero-order valence-corrected chi connectivity index (χ0v) is 10.9. The number of fused-ring (bicyclic) bond motifs is 1. The van der Waals surface area contributed by atoms with Crippen LogP contribution >= 0.6 is 0 Å². The van der Waals surface area contributed by atoms with Crippen molar-refractivity contribution in [3.05, 3.63) is 59.2 Å². The van der Waals surface area contributed by atoms with Crippen molar-refractivity contribution in [1.82, 2.24) is 9.55 Å². The number of rotatable bonds is 2. The van der Waals surface area contributed by atoms with Crippen molar-refractivity contribution in [3.8, 4) is 0 Å². The molecule has 0 aliphatic rings. The first kappa shape index (κ1) is 12.6. The first-order valence-electron chi connectivity index (χ1n) is 6.21. The van der Waals surface area contributed by atoms with Gasteiger partial charge in [-0.2, -0.15) is 0 Å². The van der Waals surface area contributed by atoms with E-state index in [1.54, 1.807) is 4.57 Å². The highest BCUT2D eigenvalue weighted by molar-refractivity contribution is 5.81. The van der Waals surface area contributed by atoms with Gasteiger partial charge in [0.2, 0.25) is 5.95 Å². The van der Waals surface area contributed by atoms with E-state index in [1.165, 1.54) is 6.07 Å². The fourth-order valence-electron chi connectivity index (χ4n) is 2.38. The molecule has 0 saturated carbocycles. The van der Waals surface area contributed by atoms with E-state index in [2.05, 4.69) is 4.98 Å².